The van der Waals surface area contributed by atoms with Crippen LogP contribution in [0.2, 0.25) is 0 Å². The van der Waals surface area contributed by atoms with Crippen LogP contribution in [-0.4, -0.2) is 68.8 Å². The van der Waals surface area contributed by atoms with Gasteiger partial charge in [-0.2, -0.15) is 14.3 Å². The summed E-state index contributed by atoms with van der Waals surface area (Å²) in [4.78, 5) is 10.4. The number of anilines is 1. The van der Waals surface area contributed by atoms with Crippen molar-refractivity contribution in [1.82, 2.24) is 14.3 Å². The normalized spacial score (nSPS) is 16.6. The SMILES string of the molecule is CCCS(=O)(=O)N1CCN(c2cc(OC)nc(OC)n2)CC1. The Bertz CT molecular complexity index is 578. The Balaban J connectivity index is 2.08. The standard InChI is InChI=1S/C13H22N4O4S/c1-4-9-22(18,19)17-7-5-16(6-8-17)11-10-12(20-2)15-13(14-11)21-3/h10H,4-9H2,1-3H3. The summed E-state index contributed by atoms with van der Waals surface area (Å²) in [5.74, 6) is 1.29. The lowest BCUT2D eigenvalue weighted by Crippen LogP contribution is -2.49. The highest BCUT2D eigenvalue weighted by atomic mass is 32.2. The van der Waals surface area contributed by atoms with Crippen LogP contribution in [0.5, 0.6) is 11.9 Å². The van der Waals surface area contributed by atoms with E-state index < -0.39 is 10.0 Å². The molecule has 22 heavy (non-hydrogen) atoms. The van der Waals surface area contributed by atoms with Crippen molar-refractivity contribution in [3.63, 3.8) is 0 Å². The highest BCUT2D eigenvalue weighted by Crippen LogP contribution is 2.22. The Hall–Kier alpha value is -1.61. The second kappa shape index (κ2) is 7.10. The van der Waals surface area contributed by atoms with Gasteiger partial charge in [-0.25, -0.2) is 8.42 Å². The van der Waals surface area contributed by atoms with E-state index >= 15 is 0 Å². The van der Waals surface area contributed by atoms with Crippen molar-refractivity contribution in [2.24, 2.45) is 0 Å². The first kappa shape index (κ1) is 16.8. The topological polar surface area (TPSA) is 84.9 Å². The number of hydrogen-bond donors (Lipinski definition) is 0. The van der Waals surface area contributed by atoms with Gasteiger partial charge in [-0.05, 0) is 6.42 Å². The second-order valence-electron chi connectivity index (χ2n) is 4.96. The number of sulfonamides is 1. The molecule has 0 unspecified atom stereocenters. The molecular formula is C13H22N4O4S. The van der Waals surface area contributed by atoms with Crippen LogP contribution >= 0.6 is 0 Å². The van der Waals surface area contributed by atoms with Crippen LogP contribution in [0.1, 0.15) is 13.3 Å². The predicted octanol–water partition coefficient (Wildman–Crippen LogP) is 0.356. The van der Waals surface area contributed by atoms with E-state index in [2.05, 4.69) is 9.97 Å². The number of nitrogens with zero attached hydrogens (tertiary/aromatic N) is 4. The molecule has 1 aliphatic heterocycles. The van der Waals surface area contributed by atoms with E-state index in [9.17, 15) is 8.42 Å². The quantitative estimate of drug-likeness (QED) is 0.744. The fraction of sp³-hybridized carbons (Fsp3) is 0.692. The Labute approximate surface area is 131 Å². The van der Waals surface area contributed by atoms with Gasteiger partial charge in [-0.1, -0.05) is 6.92 Å². The van der Waals surface area contributed by atoms with E-state index in [-0.39, 0.29) is 11.8 Å². The zero-order valence-electron chi connectivity index (χ0n) is 13.2. The van der Waals surface area contributed by atoms with Gasteiger partial charge in [0.25, 0.3) is 0 Å². The zero-order chi connectivity index (χ0) is 16.2. The average Bonchev–Trinajstić information content (AvgIpc) is 2.54. The third-order valence-corrected chi connectivity index (χ3v) is 5.55. The van der Waals surface area contributed by atoms with E-state index in [0.29, 0.717) is 44.3 Å². The van der Waals surface area contributed by atoms with Crippen LogP contribution in [0.4, 0.5) is 5.82 Å². The molecule has 0 N–H and O–H groups in total. The molecule has 1 fully saturated rings. The molecule has 0 radical (unpaired) electrons. The summed E-state index contributed by atoms with van der Waals surface area (Å²) in [5, 5.41) is 0. The summed E-state index contributed by atoms with van der Waals surface area (Å²) in [5.41, 5.74) is 0. The van der Waals surface area contributed by atoms with Crippen molar-refractivity contribution in [2.45, 2.75) is 13.3 Å². The van der Waals surface area contributed by atoms with E-state index in [4.69, 9.17) is 9.47 Å². The molecule has 1 aromatic rings. The maximum atomic E-state index is 12.1. The van der Waals surface area contributed by atoms with Crippen molar-refractivity contribution in [1.29, 1.82) is 0 Å². The highest BCUT2D eigenvalue weighted by molar-refractivity contribution is 7.89. The summed E-state index contributed by atoms with van der Waals surface area (Å²) in [6, 6.07) is 1.95. The number of aromatic nitrogens is 2. The van der Waals surface area contributed by atoms with Gasteiger partial charge in [0.2, 0.25) is 15.9 Å². The van der Waals surface area contributed by atoms with Gasteiger partial charge in [-0.15, -0.1) is 0 Å². The van der Waals surface area contributed by atoms with E-state index in [0.717, 1.165) is 0 Å². The first-order chi connectivity index (χ1) is 10.5. The number of rotatable bonds is 6. The van der Waals surface area contributed by atoms with Crippen LogP contribution in [0, 0.1) is 0 Å². The average molecular weight is 330 g/mol. The molecule has 2 rings (SSSR count). The first-order valence-electron chi connectivity index (χ1n) is 7.20. The Morgan fingerprint density at radius 2 is 1.82 bits per heavy atom. The van der Waals surface area contributed by atoms with Gasteiger partial charge in [-0.3, -0.25) is 0 Å². The smallest absolute Gasteiger partial charge is 0.321 e. The van der Waals surface area contributed by atoms with Crippen molar-refractivity contribution in [3.8, 4) is 11.9 Å². The molecule has 124 valence electrons. The zero-order valence-corrected chi connectivity index (χ0v) is 14.0. The second-order valence-corrected chi connectivity index (χ2v) is 7.05. The van der Waals surface area contributed by atoms with Crippen LogP contribution in [0.15, 0.2) is 6.07 Å². The van der Waals surface area contributed by atoms with Gasteiger partial charge in [0.15, 0.2) is 0 Å². The minimum Gasteiger partial charge on any atom is -0.481 e. The van der Waals surface area contributed by atoms with Gasteiger partial charge < -0.3 is 14.4 Å². The number of methoxy groups -OCH3 is 2. The van der Waals surface area contributed by atoms with Crippen molar-refractivity contribution < 1.29 is 17.9 Å². The summed E-state index contributed by atoms with van der Waals surface area (Å²) < 4.78 is 35.9. The lowest BCUT2D eigenvalue weighted by atomic mass is 10.3. The van der Waals surface area contributed by atoms with Gasteiger partial charge in [0.05, 0.1) is 20.0 Å². The Morgan fingerprint density at radius 1 is 1.14 bits per heavy atom. The van der Waals surface area contributed by atoms with Gasteiger partial charge in [0.1, 0.15) is 5.82 Å². The summed E-state index contributed by atoms with van der Waals surface area (Å²) in [6.07, 6.45) is 0.628. The predicted molar refractivity (Wildman–Crippen MR) is 83.0 cm³/mol. The van der Waals surface area contributed by atoms with Gasteiger partial charge in [0, 0.05) is 32.2 Å². The van der Waals surface area contributed by atoms with E-state index in [1.54, 1.807) is 10.4 Å². The minimum atomic E-state index is -3.14. The van der Waals surface area contributed by atoms with Gasteiger partial charge >= 0.3 is 6.01 Å². The van der Waals surface area contributed by atoms with E-state index in [1.165, 1.54) is 14.2 Å². The third-order valence-electron chi connectivity index (χ3n) is 3.48. The van der Waals surface area contributed by atoms with Crippen molar-refractivity contribution >= 4 is 15.8 Å². The monoisotopic (exact) mass is 330 g/mol. The molecular weight excluding hydrogens is 308 g/mol. The van der Waals surface area contributed by atoms with Crippen LogP contribution in [-0.2, 0) is 10.0 Å². The lowest BCUT2D eigenvalue weighted by molar-refractivity contribution is 0.349. The Morgan fingerprint density at radius 3 is 2.36 bits per heavy atom. The van der Waals surface area contributed by atoms with E-state index in [1.807, 2.05) is 11.8 Å². The lowest BCUT2D eigenvalue weighted by Gasteiger charge is -2.34. The molecule has 0 aromatic carbocycles. The molecule has 8 nitrogen and oxygen atoms in total. The molecule has 0 bridgehead atoms. The molecule has 1 aromatic heterocycles. The van der Waals surface area contributed by atoms with Crippen LogP contribution in [0.25, 0.3) is 0 Å². The number of hydrogen-bond acceptors (Lipinski definition) is 7. The molecule has 2 heterocycles. The molecule has 1 aliphatic rings. The largest absolute Gasteiger partial charge is 0.481 e. The molecule has 0 atom stereocenters. The van der Waals surface area contributed by atoms with Crippen molar-refractivity contribution in [3.05, 3.63) is 6.07 Å². The molecule has 0 aliphatic carbocycles. The van der Waals surface area contributed by atoms with Crippen LogP contribution in [0.3, 0.4) is 0 Å². The molecule has 9 heteroatoms. The Kier molecular flexibility index (Phi) is 5.41. The minimum absolute atomic E-state index is 0.197. The fourth-order valence-electron chi connectivity index (χ4n) is 2.33. The number of piperazine rings is 1. The molecule has 1 saturated heterocycles. The fourth-order valence-corrected chi connectivity index (χ4v) is 3.83. The molecule has 0 amide bonds. The van der Waals surface area contributed by atoms with Crippen molar-refractivity contribution in [2.75, 3.05) is 51.1 Å². The van der Waals surface area contributed by atoms with Crippen LogP contribution < -0.4 is 14.4 Å². The highest BCUT2D eigenvalue weighted by Gasteiger charge is 2.27. The first-order valence-corrected chi connectivity index (χ1v) is 8.81. The summed E-state index contributed by atoms with van der Waals surface area (Å²) in [7, 11) is -0.118. The third kappa shape index (κ3) is 3.77. The molecule has 0 spiro atoms. The summed E-state index contributed by atoms with van der Waals surface area (Å²) >= 11 is 0. The number of ether oxygens (including phenoxy) is 2. The summed E-state index contributed by atoms with van der Waals surface area (Å²) in [6.45, 7) is 3.93. The maximum Gasteiger partial charge on any atom is 0.321 e. The maximum absolute atomic E-state index is 12.1. The molecule has 0 saturated carbocycles.